The minimum Gasteiger partial charge on any atom is -0.457 e. The molecular weight excluding hydrogens is 679 g/mol. The van der Waals surface area contributed by atoms with Crippen LogP contribution in [0.5, 0.6) is 0 Å². The molecule has 0 rings (SSSR count). The van der Waals surface area contributed by atoms with Crippen molar-refractivity contribution in [3.63, 3.8) is 0 Å². The molecule has 0 fully saturated rings. The van der Waals surface area contributed by atoms with Crippen molar-refractivity contribution in [2.45, 2.75) is 142 Å². The van der Waals surface area contributed by atoms with E-state index in [4.69, 9.17) is 23.6 Å². The molecule has 0 aliphatic rings. The zero-order valence-corrected chi connectivity index (χ0v) is 33.1. The van der Waals surface area contributed by atoms with Crippen molar-refractivity contribution >= 4 is 13.8 Å². The van der Waals surface area contributed by atoms with Crippen molar-refractivity contribution < 1.29 is 43.0 Å². The van der Waals surface area contributed by atoms with Gasteiger partial charge in [-0.3, -0.25) is 13.8 Å². The molecule has 0 saturated heterocycles. The van der Waals surface area contributed by atoms with Gasteiger partial charge in [0.25, 0.3) is 0 Å². The monoisotopic (exact) mass is 750 g/mol. The predicted octanol–water partition coefficient (Wildman–Crippen LogP) is 10.4. The standard InChI is InChI=1S/C42H71O9P/c1-3-5-7-9-11-13-15-17-18-19-20-21-23-25-27-29-31-33-35-48-38-41(39-50-52(46,47)49-37-40(44)36-43)51-42(45)34-32-30-28-26-24-22-16-14-12-10-8-6-4-2/h5-8,11-14,17-18,22,24,28,30,40-41,43-44H,3-4,9-10,15-16,19-21,23,25-27,29,31-39H2,1-2H3,(H,46,47)/b7-5-,8-6-,13-11-,14-12-,18-17-,24-22-,30-28-. The maximum Gasteiger partial charge on any atom is 0.472 e. The van der Waals surface area contributed by atoms with Gasteiger partial charge >= 0.3 is 13.8 Å². The third-order valence-electron chi connectivity index (χ3n) is 7.59. The van der Waals surface area contributed by atoms with E-state index in [1.54, 1.807) is 0 Å². The van der Waals surface area contributed by atoms with Crippen LogP contribution in [-0.4, -0.2) is 66.3 Å². The summed E-state index contributed by atoms with van der Waals surface area (Å²) in [5.74, 6) is -0.469. The Kier molecular flexibility index (Phi) is 36.6. The minimum absolute atomic E-state index is 0.00993. The van der Waals surface area contributed by atoms with Gasteiger partial charge in [-0.15, -0.1) is 0 Å². The number of carbonyl (C=O) groups is 1. The third kappa shape index (κ3) is 37.4. The second kappa shape index (κ2) is 38.4. The van der Waals surface area contributed by atoms with Crippen LogP contribution in [0.25, 0.3) is 0 Å². The zero-order valence-electron chi connectivity index (χ0n) is 32.2. The molecule has 0 aliphatic heterocycles. The van der Waals surface area contributed by atoms with Gasteiger partial charge in [0.05, 0.1) is 26.4 Å². The number of allylic oxidation sites excluding steroid dienone is 14. The first-order chi connectivity index (χ1) is 25.3. The molecule has 0 saturated carbocycles. The van der Waals surface area contributed by atoms with Crippen molar-refractivity contribution in [3.8, 4) is 0 Å². The highest BCUT2D eigenvalue weighted by atomic mass is 31.2. The van der Waals surface area contributed by atoms with E-state index >= 15 is 0 Å². The smallest absolute Gasteiger partial charge is 0.457 e. The van der Waals surface area contributed by atoms with Gasteiger partial charge in [-0.2, -0.15) is 0 Å². The molecule has 10 heteroatoms. The first-order valence-corrected chi connectivity index (χ1v) is 21.1. The second-order valence-electron chi connectivity index (χ2n) is 12.5. The van der Waals surface area contributed by atoms with E-state index in [9.17, 15) is 19.4 Å². The molecule has 52 heavy (non-hydrogen) atoms. The van der Waals surface area contributed by atoms with E-state index < -0.39 is 45.8 Å². The Labute approximate surface area is 315 Å². The van der Waals surface area contributed by atoms with Crippen molar-refractivity contribution in [2.24, 2.45) is 0 Å². The largest absolute Gasteiger partial charge is 0.472 e. The van der Waals surface area contributed by atoms with E-state index in [0.29, 0.717) is 13.0 Å². The van der Waals surface area contributed by atoms with E-state index in [1.165, 1.54) is 32.1 Å². The summed E-state index contributed by atoms with van der Waals surface area (Å²) >= 11 is 0. The SMILES string of the molecule is CC/C=C\C/C=C\C/C=C\C/C=C\CCC(=O)OC(COCCCCCCCCCC/C=C\C/C=C\C/C=C\CC)COP(=O)(O)OCC(O)CO. The van der Waals surface area contributed by atoms with Crippen LogP contribution in [0.2, 0.25) is 0 Å². The van der Waals surface area contributed by atoms with Crippen molar-refractivity contribution in [2.75, 3.05) is 33.0 Å². The summed E-state index contributed by atoms with van der Waals surface area (Å²) in [5.41, 5.74) is 0. The number of aliphatic hydroxyl groups excluding tert-OH is 2. The van der Waals surface area contributed by atoms with Crippen molar-refractivity contribution in [3.05, 3.63) is 85.1 Å². The normalized spacial score (nSPS) is 15.1. The van der Waals surface area contributed by atoms with E-state index in [-0.39, 0.29) is 13.0 Å². The average Bonchev–Trinajstić information content (AvgIpc) is 3.13. The molecule has 0 heterocycles. The van der Waals surface area contributed by atoms with Gasteiger partial charge in [0, 0.05) is 13.0 Å². The highest BCUT2D eigenvalue weighted by molar-refractivity contribution is 7.47. The molecule has 0 radical (unpaired) electrons. The molecular formula is C42H71O9P. The quantitative estimate of drug-likeness (QED) is 0.0248. The fourth-order valence-electron chi connectivity index (χ4n) is 4.68. The molecule has 3 unspecified atom stereocenters. The number of unbranched alkanes of at least 4 members (excludes halogenated alkanes) is 8. The number of hydrogen-bond acceptors (Lipinski definition) is 8. The Morgan fingerprint density at radius 2 is 1.04 bits per heavy atom. The van der Waals surface area contributed by atoms with Crippen LogP contribution < -0.4 is 0 Å². The summed E-state index contributed by atoms with van der Waals surface area (Å²) in [4.78, 5) is 22.4. The highest BCUT2D eigenvalue weighted by Gasteiger charge is 2.26. The number of rotatable bonds is 36. The fourth-order valence-corrected chi connectivity index (χ4v) is 5.47. The lowest BCUT2D eigenvalue weighted by atomic mass is 10.1. The zero-order chi connectivity index (χ0) is 38.2. The summed E-state index contributed by atoms with van der Waals surface area (Å²) in [6.45, 7) is 3.14. The van der Waals surface area contributed by atoms with E-state index in [0.717, 1.165) is 70.6 Å². The summed E-state index contributed by atoms with van der Waals surface area (Å²) < 4.78 is 33.2. The summed E-state index contributed by atoms with van der Waals surface area (Å²) in [5, 5.41) is 18.3. The molecule has 0 aliphatic carbocycles. The molecule has 3 N–H and O–H groups in total. The minimum atomic E-state index is -4.54. The third-order valence-corrected chi connectivity index (χ3v) is 8.54. The number of esters is 1. The molecule has 0 amide bonds. The summed E-state index contributed by atoms with van der Waals surface area (Å²) in [6.07, 6.45) is 45.6. The number of aliphatic hydroxyl groups is 2. The fraction of sp³-hybridized carbons (Fsp3) is 0.643. The van der Waals surface area contributed by atoms with Gasteiger partial charge in [0.2, 0.25) is 0 Å². The van der Waals surface area contributed by atoms with Crippen LogP contribution in [-0.2, 0) is 27.9 Å². The number of ether oxygens (including phenoxy) is 2. The number of phosphoric ester groups is 1. The number of phosphoric acid groups is 1. The summed E-state index contributed by atoms with van der Waals surface area (Å²) in [6, 6.07) is 0. The van der Waals surface area contributed by atoms with E-state index in [2.05, 4.69) is 86.8 Å². The van der Waals surface area contributed by atoms with Gasteiger partial charge in [0.15, 0.2) is 0 Å². The topological polar surface area (TPSA) is 132 Å². The average molecular weight is 751 g/mol. The highest BCUT2D eigenvalue weighted by Crippen LogP contribution is 2.43. The molecule has 0 bridgehead atoms. The Balaban J connectivity index is 4.32. The molecule has 0 spiro atoms. The van der Waals surface area contributed by atoms with Gasteiger partial charge in [-0.05, 0) is 70.6 Å². The Morgan fingerprint density at radius 1 is 0.596 bits per heavy atom. The van der Waals surface area contributed by atoms with Crippen LogP contribution >= 0.6 is 7.82 Å². The second-order valence-corrected chi connectivity index (χ2v) is 14.0. The molecule has 0 aromatic carbocycles. The Morgan fingerprint density at radius 3 is 1.56 bits per heavy atom. The van der Waals surface area contributed by atoms with Crippen LogP contribution in [0.3, 0.4) is 0 Å². The molecule has 0 aromatic heterocycles. The van der Waals surface area contributed by atoms with Gasteiger partial charge in [-0.25, -0.2) is 4.57 Å². The predicted molar refractivity (Wildman–Crippen MR) is 214 cm³/mol. The molecule has 298 valence electrons. The first kappa shape index (κ1) is 49.6. The Hall–Kier alpha value is -2.36. The lowest BCUT2D eigenvalue weighted by molar-refractivity contribution is -0.154. The van der Waals surface area contributed by atoms with Gasteiger partial charge in [-0.1, -0.05) is 137 Å². The lowest BCUT2D eigenvalue weighted by Gasteiger charge is -2.20. The summed E-state index contributed by atoms with van der Waals surface area (Å²) in [7, 11) is -4.54. The first-order valence-electron chi connectivity index (χ1n) is 19.6. The molecule has 9 nitrogen and oxygen atoms in total. The maximum atomic E-state index is 12.5. The van der Waals surface area contributed by atoms with Crippen LogP contribution in [0, 0.1) is 0 Å². The van der Waals surface area contributed by atoms with Crippen molar-refractivity contribution in [1.82, 2.24) is 0 Å². The van der Waals surface area contributed by atoms with Crippen LogP contribution in [0.15, 0.2) is 85.1 Å². The number of hydrogen-bond donors (Lipinski definition) is 3. The van der Waals surface area contributed by atoms with Crippen LogP contribution in [0.4, 0.5) is 0 Å². The lowest BCUT2D eigenvalue weighted by Crippen LogP contribution is -2.29. The molecule has 3 atom stereocenters. The van der Waals surface area contributed by atoms with E-state index in [1.807, 2.05) is 12.2 Å². The number of carbonyl (C=O) groups excluding carboxylic acids is 1. The van der Waals surface area contributed by atoms with Crippen LogP contribution in [0.1, 0.15) is 129 Å². The van der Waals surface area contributed by atoms with Gasteiger partial charge < -0.3 is 24.6 Å². The van der Waals surface area contributed by atoms with Crippen molar-refractivity contribution in [1.29, 1.82) is 0 Å². The molecule has 0 aromatic rings. The van der Waals surface area contributed by atoms with Gasteiger partial charge in [0.1, 0.15) is 12.2 Å². The maximum absolute atomic E-state index is 12.5. The Bertz CT molecular complexity index is 1080.